The number of hydrogen-bond acceptors (Lipinski definition) is 7. The molecule has 2 saturated carbocycles. The zero-order chi connectivity index (χ0) is 36.1. The van der Waals surface area contributed by atoms with Crippen molar-refractivity contribution in [3.8, 4) is 11.1 Å². The molecule has 9 nitrogen and oxygen atoms in total. The highest BCUT2D eigenvalue weighted by Gasteiger charge is 2.49. The quantitative estimate of drug-likeness (QED) is 0.154. The predicted octanol–water partition coefficient (Wildman–Crippen LogP) is 8.97. The van der Waals surface area contributed by atoms with Crippen molar-refractivity contribution in [2.45, 2.75) is 65.8 Å². The molecular formula is C42H43N5O4S. The SMILES string of the molecule is Cc1c(NC(=O)C23CC(C)CC(CC(C)C2)C3)cccc1-c1ccc(N2CCc3cccc(C(=O)Nc4nc5ccccc5s4)c3C2)nc1C(=O)O. The molecule has 2 unspecified atom stereocenters. The van der Waals surface area contributed by atoms with Gasteiger partial charge in [0.1, 0.15) is 5.82 Å². The van der Waals surface area contributed by atoms with Crippen molar-refractivity contribution >= 4 is 56.0 Å². The second-order valence-electron chi connectivity index (χ2n) is 15.3. The van der Waals surface area contributed by atoms with E-state index in [0.717, 1.165) is 51.7 Å². The molecule has 3 N–H and O–H groups in total. The number of nitrogens with one attached hydrogen (secondary N) is 2. The zero-order valence-corrected chi connectivity index (χ0v) is 30.6. The second-order valence-corrected chi connectivity index (χ2v) is 16.3. The van der Waals surface area contributed by atoms with E-state index in [9.17, 15) is 19.5 Å². The number of pyridine rings is 1. The standard InChI is InChI=1S/C42H43N5O4S/c1-24-18-27-19-25(2)21-42(20-24,22-27)40(51)43-33-12-7-9-29(26(33)3)30-14-15-36(45-37(30)39(49)50)47-17-16-28-8-6-10-31(32(28)23-47)38(48)46-41-44-34-11-4-5-13-35(34)52-41/h4-15,24-25,27H,16-23H2,1-3H3,(H,43,51)(H,49,50)(H,44,46,48). The molecule has 52 heavy (non-hydrogen) atoms. The minimum Gasteiger partial charge on any atom is -0.476 e. The van der Waals surface area contributed by atoms with E-state index in [4.69, 9.17) is 4.98 Å². The molecule has 3 aromatic carbocycles. The van der Waals surface area contributed by atoms with Crippen LogP contribution in [0.3, 0.4) is 0 Å². The first kappa shape index (κ1) is 34.0. The van der Waals surface area contributed by atoms with E-state index in [1.165, 1.54) is 24.2 Å². The third-order valence-electron chi connectivity index (χ3n) is 11.4. The van der Waals surface area contributed by atoms with Crippen LogP contribution < -0.4 is 15.5 Å². The number of anilines is 3. The van der Waals surface area contributed by atoms with Crippen LogP contribution in [0.4, 0.5) is 16.6 Å². The van der Waals surface area contributed by atoms with Crippen molar-refractivity contribution in [1.82, 2.24) is 9.97 Å². The predicted molar refractivity (Wildman–Crippen MR) is 206 cm³/mol. The van der Waals surface area contributed by atoms with Gasteiger partial charge in [0.15, 0.2) is 10.8 Å². The molecule has 2 aliphatic carbocycles. The largest absolute Gasteiger partial charge is 0.476 e. The second kappa shape index (κ2) is 13.5. The van der Waals surface area contributed by atoms with Crippen LogP contribution in [-0.4, -0.2) is 39.4 Å². The minimum absolute atomic E-state index is 0.0552. The third-order valence-corrected chi connectivity index (χ3v) is 12.4. The van der Waals surface area contributed by atoms with Crippen LogP contribution in [0, 0.1) is 30.1 Å². The normalized spacial score (nSPS) is 22.4. The number of carboxylic acids is 1. The Bertz CT molecular complexity index is 2180. The van der Waals surface area contributed by atoms with Gasteiger partial charge in [0.2, 0.25) is 5.91 Å². The Morgan fingerprint density at radius 1 is 0.865 bits per heavy atom. The van der Waals surface area contributed by atoms with Gasteiger partial charge in [-0.25, -0.2) is 14.8 Å². The fourth-order valence-electron chi connectivity index (χ4n) is 9.38. The van der Waals surface area contributed by atoms with E-state index < -0.39 is 5.97 Å². The number of thiazole rings is 1. The van der Waals surface area contributed by atoms with E-state index in [0.29, 0.717) is 65.0 Å². The molecule has 266 valence electrons. The molecule has 2 amide bonds. The van der Waals surface area contributed by atoms with E-state index in [2.05, 4.69) is 29.5 Å². The Morgan fingerprint density at radius 2 is 1.63 bits per heavy atom. The smallest absolute Gasteiger partial charge is 0.355 e. The molecular weight excluding hydrogens is 671 g/mol. The number of carbonyl (C=O) groups excluding carboxylic acids is 2. The lowest BCUT2D eigenvalue weighted by molar-refractivity contribution is -0.133. The average Bonchev–Trinajstić information content (AvgIpc) is 3.53. The van der Waals surface area contributed by atoms with Crippen LogP contribution >= 0.6 is 11.3 Å². The van der Waals surface area contributed by atoms with Crippen LogP contribution in [0.1, 0.15) is 83.5 Å². The summed E-state index contributed by atoms with van der Waals surface area (Å²) in [4.78, 5) is 51.6. The van der Waals surface area contributed by atoms with Crippen LogP contribution in [0.2, 0.25) is 0 Å². The van der Waals surface area contributed by atoms with Gasteiger partial charge in [0.25, 0.3) is 5.91 Å². The van der Waals surface area contributed by atoms with Gasteiger partial charge in [0.05, 0.1) is 15.6 Å². The molecule has 8 rings (SSSR count). The molecule has 2 atom stereocenters. The third kappa shape index (κ3) is 6.34. The highest BCUT2D eigenvalue weighted by molar-refractivity contribution is 7.22. The summed E-state index contributed by atoms with van der Waals surface area (Å²) in [5.74, 6) is 0.891. The number of aromatic nitrogens is 2. The van der Waals surface area contributed by atoms with Crippen molar-refractivity contribution in [3.63, 3.8) is 0 Å². The molecule has 2 fully saturated rings. The minimum atomic E-state index is -1.13. The molecule has 3 aliphatic rings. The van der Waals surface area contributed by atoms with Crippen molar-refractivity contribution in [1.29, 1.82) is 0 Å². The molecule has 0 spiro atoms. The molecule has 2 aromatic heterocycles. The number of aromatic carboxylic acids is 1. The molecule has 3 heterocycles. The van der Waals surface area contributed by atoms with Gasteiger partial charge >= 0.3 is 5.97 Å². The maximum Gasteiger partial charge on any atom is 0.355 e. The van der Waals surface area contributed by atoms with Crippen LogP contribution in [0.25, 0.3) is 21.3 Å². The summed E-state index contributed by atoms with van der Waals surface area (Å²) in [5, 5.41) is 17.2. The zero-order valence-electron chi connectivity index (χ0n) is 29.7. The van der Waals surface area contributed by atoms with Gasteiger partial charge in [-0.2, -0.15) is 0 Å². The number of benzene rings is 3. The lowest BCUT2D eigenvalue weighted by Crippen LogP contribution is -2.47. The first-order valence-corrected chi connectivity index (χ1v) is 19.1. The molecule has 0 radical (unpaired) electrons. The number of rotatable bonds is 7. The molecule has 10 heteroatoms. The number of nitrogens with zero attached hydrogens (tertiary/aromatic N) is 3. The number of carboxylic acid groups (broad SMARTS) is 1. The summed E-state index contributed by atoms with van der Waals surface area (Å²) in [6.45, 7) is 7.50. The van der Waals surface area contributed by atoms with Gasteiger partial charge in [-0.1, -0.05) is 61.6 Å². The Hall–Kier alpha value is -5.09. The summed E-state index contributed by atoms with van der Waals surface area (Å²) >= 11 is 1.43. The van der Waals surface area contributed by atoms with Crippen molar-refractivity contribution < 1.29 is 19.5 Å². The van der Waals surface area contributed by atoms with Crippen molar-refractivity contribution in [3.05, 3.63) is 101 Å². The number of fused-ring (bicyclic) bond motifs is 4. The molecule has 5 aromatic rings. The average molecular weight is 714 g/mol. The van der Waals surface area contributed by atoms with Gasteiger partial charge < -0.3 is 15.3 Å². The van der Waals surface area contributed by atoms with Crippen LogP contribution in [0.15, 0.2) is 72.8 Å². The summed E-state index contributed by atoms with van der Waals surface area (Å²) in [7, 11) is 0. The summed E-state index contributed by atoms with van der Waals surface area (Å²) in [5.41, 5.74) is 5.68. The first-order valence-electron chi connectivity index (χ1n) is 18.3. The highest BCUT2D eigenvalue weighted by Crippen LogP contribution is 2.53. The number of para-hydroxylation sites is 1. The van der Waals surface area contributed by atoms with Crippen molar-refractivity contribution in [2.24, 2.45) is 23.2 Å². The molecule has 1 aliphatic heterocycles. The lowest BCUT2D eigenvalue weighted by Gasteiger charge is -2.48. The fraction of sp³-hybridized carbons (Fsp3) is 0.357. The Morgan fingerprint density at radius 3 is 2.40 bits per heavy atom. The van der Waals surface area contributed by atoms with E-state index >= 15 is 0 Å². The van der Waals surface area contributed by atoms with Crippen LogP contribution in [-0.2, 0) is 17.8 Å². The van der Waals surface area contributed by atoms with E-state index in [1.54, 1.807) is 0 Å². The maximum absolute atomic E-state index is 14.0. The lowest BCUT2D eigenvalue weighted by atomic mass is 9.56. The highest BCUT2D eigenvalue weighted by atomic mass is 32.1. The Kier molecular flexibility index (Phi) is 8.81. The Balaban J connectivity index is 1.04. The topological polar surface area (TPSA) is 125 Å². The van der Waals surface area contributed by atoms with Crippen molar-refractivity contribution in [2.75, 3.05) is 22.1 Å². The number of carbonyl (C=O) groups is 3. The van der Waals surface area contributed by atoms with Gasteiger partial charge in [-0.15, -0.1) is 0 Å². The maximum atomic E-state index is 14.0. The monoisotopic (exact) mass is 713 g/mol. The fourth-order valence-corrected chi connectivity index (χ4v) is 10.2. The summed E-state index contributed by atoms with van der Waals surface area (Å²) in [6, 6.07) is 22.9. The van der Waals surface area contributed by atoms with Gasteiger partial charge in [0, 0.05) is 29.9 Å². The number of amides is 2. The van der Waals surface area contributed by atoms with Gasteiger partial charge in [-0.3, -0.25) is 14.9 Å². The van der Waals surface area contributed by atoms with Gasteiger partial charge in [-0.05, 0) is 122 Å². The van der Waals surface area contributed by atoms with E-state index in [1.807, 2.05) is 84.6 Å². The molecule has 0 saturated heterocycles. The number of hydrogen-bond donors (Lipinski definition) is 3. The van der Waals surface area contributed by atoms with E-state index in [-0.39, 0.29) is 22.9 Å². The Labute approximate surface area is 307 Å². The summed E-state index contributed by atoms with van der Waals surface area (Å²) in [6.07, 6.45) is 5.83. The summed E-state index contributed by atoms with van der Waals surface area (Å²) < 4.78 is 1.00. The molecule has 2 bridgehead atoms. The first-order chi connectivity index (χ1) is 25.1. The van der Waals surface area contributed by atoms with Crippen LogP contribution in [0.5, 0.6) is 0 Å².